The van der Waals surface area contributed by atoms with E-state index in [1.807, 2.05) is 13.8 Å². The van der Waals surface area contributed by atoms with Crippen molar-refractivity contribution in [2.75, 3.05) is 5.32 Å². The average molecular weight is 328 g/mol. The Morgan fingerprint density at radius 1 is 1.05 bits per heavy atom. The molecule has 2 rings (SSSR count). The van der Waals surface area contributed by atoms with Crippen LogP contribution in [-0.2, 0) is 6.18 Å². The Labute approximate surface area is 130 Å². The number of hydrogen-bond donors (Lipinski definition) is 1. The Balaban J connectivity index is 2.29. The van der Waals surface area contributed by atoms with Crippen LogP contribution in [0.25, 0.3) is 0 Å². The van der Waals surface area contributed by atoms with Crippen LogP contribution in [0.1, 0.15) is 27.0 Å². The third kappa shape index (κ3) is 3.60. The second-order valence-electron chi connectivity index (χ2n) is 4.95. The Bertz CT molecular complexity index is 726. The monoisotopic (exact) mass is 327 g/mol. The lowest BCUT2D eigenvalue weighted by molar-refractivity contribution is -0.137. The number of amides is 1. The Morgan fingerprint density at radius 3 is 2.32 bits per heavy atom. The van der Waals surface area contributed by atoms with Gasteiger partial charge in [-0.3, -0.25) is 4.79 Å². The van der Waals surface area contributed by atoms with Gasteiger partial charge >= 0.3 is 6.18 Å². The number of carbonyl (C=O) groups excluding carboxylic acids is 1. The highest BCUT2D eigenvalue weighted by Gasteiger charge is 2.31. The van der Waals surface area contributed by atoms with Crippen molar-refractivity contribution >= 4 is 23.2 Å². The summed E-state index contributed by atoms with van der Waals surface area (Å²) in [6.45, 7) is 3.75. The minimum absolute atomic E-state index is 0.0465. The Morgan fingerprint density at radius 2 is 1.73 bits per heavy atom. The highest BCUT2D eigenvalue weighted by molar-refractivity contribution is 6.34. The van der Waals surface area contributed by atoms with Crippen LogP contribution in [0.5, 0.6) is 0 Å². The van der Waals surface area contributed by atoms with Crippen molar-refractivity contribution in [3.05, 3.63) is 63.7 Å². The molecule has 1 amide bonds. The number of rotatable bonds is 2. The lowest BCUT2D eigenvalue weighted by Gasteiger charge is -2.12. The molecule has 0 bridgehead atoms. The molecule has 0 unspecified atom stereocenters. The predicted molar refractivity (Wildman–Crippen MR) is 80.3 cm³/mol. The molecule has 0 atom stereocenters. The quantitative estimate of drug-likeness (QED) is 0.804. The van der Waals surface area contributed by atoms with Crippen LogP contribution >= 0.6 is 11.6 Å². The first kappa shape index (κ1) is 16.4. The summed E-state index contributed by atoms with van der Waals surface area (Å²) in [5, 5.41) is 2.46. The third-order valence-corrected chi connectivity index (χ3v) is 3.64. The Hall–Kier alpha value is -2.01. The van der Waals surface area contributed by atoms with E-state index in [1.165, 1.54) is 0 Å². The van der Waals surface area contributed by atoms with E-state index >= 15 is 0 Å². The van der Waals surface area contributed by atoms with Crippen molar-refractivity contribution in [1.29, 1.82) is 0 Å². The summed E-state index contributed by atoms with van der Waals surface area (Å²) in [6.07, 6.45) is -4.50. The van der Waals surface area contributed by atoms with E-state index in [9.17, 15) is 18.0 Å². The molecule has 0 aromatic heterocycles. The van der Waals surface area contributed by atoms with E-state index in [-0.39, 0.29) is 10.7 Å². The molecule has 0 heterocycles. The van der Waals surface area contributed by atoms with E-state index in [0.717, 1.165) is 29.3 Å². The first-order valence-corrected chi connectivity index (χ1v) is 6.81. The Kier molecular flexibility index (Phi) is 4.47. The molecule has 6 heteroatoms. The molecule has 0 radical (unpaired) electrons. The van der Waals surface area contributed by atoms with Gasteiger partial charge in [0.2, 0.25) is 0 Å². The molecule has 0 aliphatic heterocycles. The van der Waals surface area contributed by atoms with Crippen molar-refractivity contribution in [1.82, 2.24) is 0 Å². The fraction of sp³-hybridized carbons (Fsp3) is 0.188. The van der Waals surface area contributed by atoms with Gasteiger partial charge < -0.3 is 5.32 Å². The summed E-state index contributed by atoms with van der Waals surface area (Å²) in [7, 11) is 0. The van der Waals surface area contributed by atoms with Crippen LogP contribution in [0, 0.1) is 13.8 Å². The zero-order valence-electron chi connectivity index (χ0n) is 11.9. The van der Waals surface area contributed by atoms with Gasteiger partial charge in [-0.25, -0.2) is 0 Å². The summed E-state index contributed by atoms with van der Waals surface area (Å²) < 4.78 is 38.1. The summed E-state index contributed by atoms with van der Waals surface area (Å²) in [4.78, 5) is 12.1. The van der Waals surface area contributed by atoms with E-state index in [0.29, 0.717) is 5.56 Å². The largest absolute Gasteiger partial charge is 0.416 e. The van der Waals surface area contributed by atoms with Crippen LogP contribution in [0.2, 0.25) is 5.02 Å². The fourth-order valence-electron chi connectivity index (χ4n) is 1.87. The number of halogens is 4. The minimum atomic E-state index is -4.50. The molecule has 2 aromatic rings. The number of nitrogens with one attached hydrogen (secondary N) is 1. The van der Waals surface area contributed by atoms with Gasteiger partial charge in [0.1, 0.15) is 0 Å². The van der Waals surface area contributed by atoms with Crippen LogP contribution in [0.3, 0.4) is 0 Å². The first-order valence-electron chi connectivity index (χ1n) is 6.44. The van der Waals surface area contributed by atoms with Crippen molar-refractivity contribution in [2.24, 2.45) is 0 Å². The maximum atomic E-state index is 12.7. The topological polar surface area (TPSA) is 29.1 Å². The molecule has 0 saturated heterocycles. The van der Waals surface area contributed by atoms with Crippen molar-refractivity contribution < 1.29 is 18.0 Å². The zero-order chi connectivity index (χ0) is 16.5. The molecule has 2 aromatic carbocycles. The number of benzene rings is 2. The molecule has 2 nitrogen and oxygen atoms in total. The predicted octanol–water partition coefficient (Wildman–Crippen LogP) is 5.23. The maximum Gasteiger partial charge on any atom is 0.416 e. The van der Waals surface area contributed by atoms with Crippen LogP contribution < -0.4 is 5.32 Å². The van der Waals surface area contributed by atoms with Gasteiger partial charge in [-0.15, -0.1) is 0 Å². The molecule has 0 fully saturated rings. The van der Waals surface area contributed by atoms with Crippen molar-refractivity contribution in [3.63, 3.8) is 0 Å². The minimum Gasteiger partial charge on any atom is -0.321 e. The van der Waals surface area contributed by atoms with Gasteiger partial charge in [0.05, 0.1) is 16.3 Å². The van der Waals surface area contributed by atoms with Crippen molar-refractivity contribution in [2.45, 2.75) is 20.0 Å². The van der Waals surface area contributed by atoms with Crippen LogP contribution in [-0.4, -0.2) is 5.91 Å². The number of hydrogen-bond acceptors (Lipinski definition) is 1. The SMILES string of the molecule is Cc1ccc(C(=O)Nc2cc(C(F)(F)F)ccc2Cl)cc1C. The molecule has 0 saturated carbocycles. The summed E-state index contributed by atoms with van der Waals surface area (Å²) in [5.41, 5.74) is 1.36. The van der Waals surface area contributed by atoms with E-state index < -0.39 is 17.6 Å². The molecule has 0 aliphatic rings. The normalized spacial score (nSPS) is 11.4. The zero-order valence-corrected chi connectivity index (χ0v) is 12.6. The van der Waals surface area contributed by atoms with Crippen molar-refractivity contribution in [3.8, 4) is 0 Å². The second kappa shape index (κ2) is 6.01. The van der Waals surface area contributed by atoms with E-state index in [2.05, 4.69) is 5.32 Å². The van der Waals surface area contributed by atoms with Gasteiger partial charge in [0.25, 0.3) is 5.91 Å². The number of aryl methyl sites for hydroxylation is 2. The molecule has 22 heavy (non-hydrogen) atoms. The van der Waals surface area contributed by atoms with Crippen LogP contribution in [0.15, 0.2) is 36.4 Å². The molecule has 116 valence electrons. The van der Waals surface area contributed by atoms with Gasteiger partial charge in [-0.05, 0) is 55.3 Å². The number of alkyl halides is 3. The van der Waals surface area contributed by atoms with Gasteiger partial charge in [-0.1, -0.05) is 17.7 Å². The van der Waals surface area contributed by atoms with Crippen LogP contribution in [0.4, 0.5) is 18.9 Å². The first-order chi connectivity index (χ1) is 10.2. The summed E-state index contributed by atoms with van der Waals surface area (Å²) in [5.74, 6) is -0.510. The molecule has 0 spiro atoms. The van der Waals surface area contributed by atoms with Gasteiger partial charge in [-0.2, -0.15) is 13.2 Å². The highest BCUT2D eigenvalue weighted by Crippen LogP contribution is 2.34. The van der Waals surface area contributed by atoms with E-state index in [1.54, 1.807) is 18.2 Å². The lowest BCUT2D eigenvalue weighted by Crippen LogP contribution is -2.14. The molecule has 1 N–H and O–H groups in total. The smallest absolute Gasteiger partial charge is 0.321 e. The third-order valence-electron chi connectivity index (χ3n) is 3.31. The van der Waals surface area contributed by atoms with E-state index in [4.69, 9.17) is 11.6 Å². The van der Waals surface area contributed by atoms with Gasteiger partial charge in [0, 0.05) is 5.56 Å². The fourth-order valence-corrected chi connectivity index (χ4v) is 2.04. The summed E-state index contributed by atoms with van der Waals surface area (Å²) >= 11 is 5.85. The maximum absolute atomic E-state index is 12.7. The number of carbonyl (C=O) groups is 1. The average Bonchev–Trinajstić information content (AvgIpc) is 2.43. The standard InChI is InChI=1S/C16H13ClF3NO/c1-9-3-4-11(7-10(9)2)15(22)21-14-8-12(16(18,19)20)5-6-13(14)17/h3-8H,1-2H3,(H,21,22). The molecular weight excluding hydrogens is 315 g/mol. The second-order valence-corrected chi connectivity index (χ2v) is 5.35. The highest BCUT2D eigenvalue weighted by atomic mass is 35.5. The molecule has 0 aliphatic carbocycles. The van der Waals surface area contributed by atoms with Gasteiger partial charge in [0.15, 0.2) is 0 Å². The molecular formula is C16H13ClF3NO. The number of anilines is 1. The lowest BCUT2D eigenvalue weighted by atomic mass is 10.1. The summed E-state index contributed by atoms with van der Waals surface area (Å²) in [6, 6.07) is 7.86.